The fourth-order valence-electron chi connectivity index (χ4n) is 2.33. The smallest absolute Gasteiger partial charge is 0.339 e. The largest absolute Gasteiger partial charge is 0.490 e. The molecule has 0 saturated heterocycles. The minimum atomic E-state index is -1.07. The van der Waals surface area contributed by atoms with Crippen LogP contribution in [0.2, 0.25) is 0 Å². The van der Waals surface area contributed by atoms with Crippen molar-refractivity contribution in [3.63, 3.8) is 0 Å². The third-order valence-electron chi connectivity index (χ3n) is 3.69. The first-order valence-electron chi connectivity index (χ1n) is 9.11. The van der Waals surface area contributed by atoms with Crippen molar-refractivity contribution >= 4 is 17.6 Å². The van der Waals surface area contributed by atoms with Gasteiger partial charge in [-0.25, -0.2) is 9.18 Å². The number of amides is 1. The Morgan fingerprint density at radius 1 is 1.07 bits per heavy atom. The van der Waals surface area contributed by atoms with E-state index in [1.54, 1.807) is 18.2 Å². The second-order valence-corrected chi connectivity index (χ2v) is 5.99. The van der Waals surface area contributed by atoms with Gasteiger partial charge in [0.2, 0.25) is 0 Å². The summed E-state index contributed by atoms with van der Waals surface area (Å²) in [7, 11) is 0. The topological polar surface area (TPSA) is 73.9 Å². The van der Waals surface area contributed by atoms with Gasteiger partial charge in [0.25, 0.3) is 5.91 Å². The summed E-state index contributed by atoms with van der Waals surface area (Å²) in [6.07, 6.45) is -0.227. The number of carbonyl (C=O) groups is 2. The average Bonchev–Trinajstić information content (AvgIpc) is 2.67. The minimum Gasteiger partial charge on any atom is -0.490 e. The zero-order valence-corrected chi connectivity index (χ0v) is 16.2. The number of hydrogen-bond donors (Lipinski definition) is 1. The van der Waals surface area contributed by atoms with E-state index in [0.717, 1.165) is 6.42 Å². The van der Waals surface area contributed by atoms with E-state index in [0.29, 0.717) is 24.7 Å². The molecule has 1 atom stereocenters. The molecule has 2 aromatic carbocycles. The quantitative estimate of drug-likeness (QED) is 0.651. The highest BCUT2D eigenvalue weighted by Gasteiger charge is 2.20. The van der Waals surface area contributed by atoms with Crippen molar-refractivity contribution in [2.45, 2.75) is 33.3 Å². The summed E-state index contributed by atoms with van der Waals surface area (Å²) < 4.78 is 29.5. The predicted molar refractivity (Wildman–Crippen MR) is 103 cm³/mol. The van der Waals surface area contributed by atoms with Crippen LogP contribution in [0.5, 0.6) is 11.5 Å². The highest BCUT2D eigenvalue weighted by atomic mass is 19.1. The second-order valence-electron chi connectivity index (χ2n) is 5.99. The van der Waals surface area contributed by atoms with Crippen LogP contribution in [0.15, 0.2) is 42.5 Å². The van der Waals surface area contributed by atoms with E-state index in [2.05, 4.69) is 5.32 Å². The van der Waals surface area contributed by atoms with Crippen molar-refractivity contribution in [1.82, 2.24) is 0 Å². The Hall–Kier alpha value is -3.09. The van der Waals surface area contributed by atoms with Gasteiger partial charge in [-0.3, -0.25) is 4.79 Å². The van der Waals surface area contributed by atoms with E-state index in [4.69, 9.17) is 14.2 Å². The minimum absolute atomic E-state index is 0.234. The van der Waals surface area contributed by atoms with Crippen molar-refractivity contribution in [2.75, 3.05) is 18.5 Å². The summed E-state index contributed by atoms with van der Waals surface area (Å²) in [6, 6.07) is 10.2. The first-order chi connectivity index (χ1) is 13.4. The van der Waals surface area contributed by atoms with E-state index in [-0.39, 0.29) is 11.3 Å². The summed E-state index contributed by atoms with van der Waals surface area (Å²) >= 11 is 0. The molecule has 0 fully saturated rings. The van der Waals surface area contributed by atoms with Crippen LogP contribution in [-0.2, 0) is 9.53 Å². The van der Waals surface area contributed by atoms with Crippen LogP contribution in [0.3, 0.4) is 0 Å². The molecule has 28 heavy (non-hydrogen) atoms. The third-order valence-corrected chi connectivity index (χ3v) is 3.69. The molecule has 150 valence electrons. The van der Waals surface area contributed by atoms with Gasteiger partial charge in [-0.15, -0.1) is 0 Å². The van der Waals surface area contributed by atoms with E-state index < -0.39 is 23.8 Å². The Kier molecular flexibility index (Phi) is 7.80. The van der Waals surface area contributed by atoms with Crippen molar-refractivity contribution in [2.24, 2.45) is 0 Å². The van der Waals surface area contributed by atoms with Crippen molar-refractivity contribution < 1.29 is 28.2 Å². The molecule has 2 rings (SSSR count). The van der Waals surface area contributed by atoms with Crippen LogP contribution in [0.1, 0.15) is 37.6 Å². The molecule has 1 N–H and O–H groups in total. The van der Waals surface area contributed by atoms with E-state index >= 15 is 0 Å². The molecule has 0 aromatic heterocycles. The Morgan fingerprint density at radius 2 is 1.86 bits per heavy atom. The van der Waals surface area contributed by atoms with Gasteiger partial charge in [0, 0.05) is 5.69 Å². The van der Waals surface area contributed by atoms with Gasteiger partial charge in [-0.2, -0.15) is 0 Å². The van der Waals surface area contributed by atoms with Crippen molar-refractivity contribution in [3.05, 3.63) is 53.8 Å². The number of esters is 1. The summed E-state index contributed by atoms with van der Waals surface area (Å²) in [5, 5.41) is 2.50. The molecule has 6 nitrogen and oxygen atoms in total. The molecule has 0 spiro atoms. The normalized spacial score (nSPS) is 11.4. The van der Waals surface area contributed by atoms with Crippen LogP contribution in [0.4, 0.5) is 10.1 Å². The number of ether oxygens (including phenoxy) is 3. The maximum Gasteiger partial charge on any atom is 0.339 e. The first-order valence-corrected chi connectivity index (χ1v) is 9.11. The number of carbonyl (C=O) groups excluding carboxylic acids is 2. The molecule has 0 aliphatic heterocycles. The Morgan fingerprint density at radius 3 is 2.54 bits per heavy atom. The lowest BCUT2D eigenvalue weighted by atomic mass is 10.2. The van der Waals surface area contributed by atoms with Crippen LogP contribution >= 0.6 is 0 Å². The molecule has 0 radical (unpaired) electrons. The lowest BCUT2D eigenvalue weighted by Gasteiger charge is -2.15. The highest BCUT2D eigenvalue weighted by molar-refractivity contribution is 5.97. The van der Waals surface area contributed by atoms with Crippen LogP contribution in [0.25, 0.3) is 0 Å². The lowest BCUT2D eigenvalue weighted by molar-refractivity contribution is -0.123. The van der Waals surface area contributed by atoms with Crippen LogP contribution in [-0.4, -0.2) is 31.2 Å². The lowest BCUT2D eigenvalue weighted by Crippen LogP contribution is -2.30. The van der Waals surface area contributed by atoms with E-state index in [1.165, 1.54) is 31.2 Å². The number of anilines is 1. The van der Waals surface area contributed by atoms with Crippen molar-refractivity contribution in [1.29, 1.82) is 0 Å². The number of nitrogens with one attached hydrogen (secondary N) is 1. The van der Waals surface area contributed by atoms with E-state index in [9.17, 15) is 14.0 Å². The van der Waals surface area contributed by atoms with Gasteiger partial charge in [0.15, 0.2) is 17.6 Å². The predicted octanol–water partition coefficient (Wildman–Crippen LogP) is 4.20. The molecule has 7 heteroatoms. The standard InChI is InChI=1S/C21H24FNO5/c1-4-11-27-18-10-9-15(12-19(18)26-5-2)21(25)28-14(3)20(24)23-17-8-6-7-16(22)13-17/h6-10,12-14H,4-5,11H2,1-3H3,(H,23,24). The highest BCUT2D eigenvalue weighted by Crippen LogP contribution is 2.29. The number of benzene rings is 2. The zero-order valence-electron chi connectivity index (χ0n) is 16.2. The molecule has 0 aliphatic carbocycles. The second kappa shape index (κ2) is 10.3. The average molecular weight is 389 g/mol. The fraction of sp³-hybridized carbons (Fsp3) is 0.333. The fourth-order valence-corrected chi connectivity index (χ4v) is 2.33. The number of rotatable bonds is 9. The molecule has 1 unspecified atom stereocenters. The Labute approximate surface area is 163 Å². The molecule has 1 amide bonds. The molecular weight excluding hydrogens is 365 g/mol. The maximum atomic E-state index is 13.2. The van der Waals surface area contributed by atoms with Crippen LogP contribution in [0, 0.1) is 5.82 Å². The Balaban J connectivity index is 2.04. The van der Waals surface area contributed by atoms with Gasteiger partial charge in [0.1, 0.15) is 5.82 Å². The maximum absolute atomic E-state index is 13.2. The summed E-state index contributed by atoms with van der Waals surface area (Å²) in [4.78, 5) is 24.6. The van der Waals surface area contributed by atoms with Crippen molar-refractivity contribution in [3.8, 4) is 11.5 Å². The first kappa shape index (κ1) is 21.2. The Bertz CT molecular complexity index is 824. The molecule has 2 aromatic rings. The van der Waals surface area contributed by atoms with Gasteiger partial charge in [0.05, 0.1) is 18.8 Å². The van der Waals surface area contributed by atoms with Gasteiger partial charge >= 0.3 is 5.97 Å². The van der Waals surface area contributed by atoms with E-state index in [1.807, 2.05) is 13.8 Å². The summed E-state index contributed by atoms with van der Waals surface area (Å²) in [5.41, 5.74) is 0.515. The number of hydrogen-bond acceptors (Lipinski definition) is 5. The molecule has 0 heterocycles. The number of halogens is 1. The van der Waals surface area contributed by atoms with Gasteiger partial charge in [-0.1, -0.05) is 13.0 Å². The molecule has 0 bridgehead atoms. The third kappa shape index (κ3) is 5.97. The zero-order chi connectivity index (χ0) is 20.5. The van der Waals surface area contributed by atoms with Gasteiger partial charge in [-0.05, 0) is 56.7 Å². The molecular formula is C21H24FNO5. The molecule has 0 aliphatic rings. The monoisotopic (exact) mass is 389 g/mol. The molecule has 0 saturated carbocycles. The van der Waals surface area contributed by atoms with Gasteiger partial charge < -0.3 is 19.5 Å². The summed E-state index contributed by atoms with van der Waals surface area (Å²) in [6.45, 7) is 6.19. The van der Waals surface area contributed by atoms with Crippen LogP contribution < -0.4 is 14.8 Å². The summed E-state index contributed by atoms with van der Waals surface area (Å²) in [5.74, 6) is -0.743. The SMILES string of the molecule is CCCOc1ccc(C(=O)OC(C)C(=O)Nc2cccc(F)c2)cc1OCC.